The summed E-state index contributed by atoms with van der Waals surface area (Å²) in [5, 5.41) is 2.68. The molecule has 0 aliphatic rings. The van der Waals surface area contributed by atoms with Crippen molar-refractivity contribution in [2.24, 2.45) is 5.92 Å². The normalized spacial score (nSPS) is 11.5. The van der Waals surface area contributed by atoms with Gasteiger partial charge in [0.2, 0.25) is 11.8 Å². The van der Waals surface area contributed by atoms with E-state index >= 15 is 0 Å². The van der Waals surface area contributed by atoms with Crippen LogP contribution in [-0.4, -0.2) is 45.3 Å². The Morgan fingerprint density at radius 2 is 2.06 bits per heavy atom. The van der Waals surface area contributed by atoms with E-state index in [4.69, 9.17) is 0 Å². The van der Waals surface area contributed by atoms with Crippen LogP contribution in [0, 0.1) is 18.7 Å². The molecule has 3 aromatic rings. The van der Waals surface area contributed by atoms with Gasteiger partial charge in [0.1, 0.15) is 11.5 Å². The van der Waals surface area contributed by atoms with Gasteiger partial charge in [0.05, 0.1) is 23.3 Å². The van der Waals surface area contributed by atoms with Crippen molar-refractivity contribution in [3.63, 3.8) is 0 Å². The fraction of sp³-hybridized carbons (Fsp3) is 0.407. The number of carbonyl (C=O) groups excluding carboxylic acids is 2. The molecule has 8 nitrogen and oxygen atoms in total. The molecule has 9 heteroatoms. The number of aromatic nitrogens is 3. The molecule has 3 rings (SSSR count). The SMILES string of the molecule is Cc1nc2cc(Cn3cccc(NC(=O)CCC/C=C/C(=O)N(C)C)c3=O)[nH]c2c(CC(C)C)c1F. The molecule has 0 spiro atoms. The second-order valence-corrected chi connectivity index (χ2v) is 9.57. The summed E-state index contributed by atoms with van der Waals surface area (Å²) >= 11 is 0. The van der Waals surface area contributed by atoms with Crippen LogP contribution in [0.1, 0.15) is 50.1 Å². The van der Waals surface area contributed by atoms with Gasteiger partial charge in [-0.15, -0.1) is 0 Å². The predicted octanol–water partition coefficient (Wildman–Crippen LogP) is 4.17. The first-order valence-electron chi connectivity index (χ1n) is 12.1. The zero-order valence-corrected chi connectivity index (χ0v) is 21.5. The molecule has 0 saturated heterocycles. The second-order valence-electron chi connectivity index (χ2n) is 9.57. The monoisotopic (exact) mass is 495 g/mol. The van der Waals surface area contributed by atoms with Gasteiger partial charge in [0, 0.05) is 38.0 Å². The maximum Gasteiger partial charge on any atom is 0.274 e. The molecule has 36 heavy (non-hydrogen) atoms. The Kier molecular flexibility index (Phi) is 8.79. The first-order valence-corrected chi connectivity index (χ1v) is 12.1. The number of amides is 2. The highest BCUT2D eigenvalue weighted by Crippen LogP contribution is 2.25. The zero-order valence-electron chi connectivity index (χ0n) is 21.5. The van der Waals surface area contributed by atoms with Crippen LogP contribution in [0.2, 0.25) is 0 Å². The number of allylic oxidation sites excluding steroid dienone is 1. The van der Waals surface area contributed by atoms with Crippen molar-refractivity contribution < 1.29 is 14.0 Å². The van der Waals surface area contributed by atoms with Crippen LogP contribution in [0.25, 0.3) is 11.0 Å². The van der Waals surface area contributed by atoms with E-state index in [2.05, 4.69) is 15.3 Å². The van der Waals surface area contributed by atoms with E-state index in [-0.39, 0.29) is 47.8 Å². The third kappa shape index (κ3) is 6.68. The predicted molar refractivity (Wildman–Crippen MR) is 139 cm³/mol. The number of hydrogen-bond acceptors (Lipinski definition) is 4. The van der Waals surface area contributed by atoms with Crippen LogP contribution in [0.4, 0.5) is 10.1 Å². The minimum Gasteiger partial charge on any atom is -0.355 e. The number of likely N-dealkylation sites (N-methyl/N-ethyl adjacent to an activating group) is 1. The lowest BCUT2D eigenvalue weighted by Crippen LogP contribution is -2.25. The molecule has 3 heterocycles. The Morgan fingerprint density at radius 3 is 2.75 bits per heavy atom. The van der Waals surface area contributed by atoms with E-state index in [1.54, 1.807) is 45.4 Å². The van der Waals surface area contributed by atoms with E-state index in [1.807, 2.05) is 19.9 Å². The van der Waals surface area contributed by atoms with Crippen LogP contribution in [0.3, 0.4) is 0 Å². The van der Waals surface area contributed by atoms with Gasteiger partial charge in [-0.25, -0.2) is 9.37 Å². The number of pyridine rings is 2. The number of carbonyl (C=O) groups is 2. The second kappa shape index (κ2) is 11.8. The minimum atomic E-state index is -0.335. The van der Waals surface area contributed by atoms with Crippen LogP contribution in [-0.2, 0) is 22.6 Å². The Hall–Kier alpha value is -3.75. The number of H-pyrrole nitrogens is 1. The largest absolute Gasteiger partial charge is 0.355 e. The van der Waals surface area contributed by atoms with Crippen molar-refractivity contribution in [1.29, 1.82) is 0 Å². The lowest BCUT2D eigenvalue weighted by Gasteiger charge is -2.10. The van der Waals surface area contributed by atoms with Gasteiger partial charge in [0.15, 0.2) is 0 Å². The summed E-state index contributed by atoms with van der Waals surface area (Å²) < 4.78 is 16.3. The van der Waals surface area contributed by atoms with E-state index in [9.17, 15) is 18.8 Å². The Bertz CT molecular complexity index is 1340. The lowest BCUT2D eigenvalue weighted by atomic mass is 10.0. The quantitative estimate of drug-likeness (QED) is 0.326. The van der Waals surface area contributed by atoms with E-state index in [0.29, 0.717) is 41.6 Å². The van der Waals surface area contributed by atoms with Crippen LogP contribution in [0.15, 0.2) is 41.3 Å². The first-order chi connectivity index (χ1) is 17.1. The summed E-state index contributed by atoms with van der Waals surface area (Å²) in [6.07, 6.45) is 6.81. The maximum absolute atomic E-state index is 14.8. The molecule has 0 bridgehead atoms. The van der Waals surface area contributed by atoms with Crippen molar-refractivity contribution in [2.75, 3.05) is 19.4 Å². The van der Waals surface area contributed by atoms with Crippen LogP contribution in [0.5, 0.6) is 0 Å². The number of unbranched alkanes of at least 4 members (excludes halogenated alkanes) is 1. The molecule has 2 N–H and O–H groups in total. The highest BCUT2D eigenvalue weighted by Gasteiger charge is 2.17. The number of nitrogens with one attached hydrogen (secondary N) is 2. The van der Waals surface area contributed by atoms with E-state index < -0.39 is 0 Å². The maximum atomic E-state index is 14.8. The fourth-order valence-corrected chi connectivity index (χ4v) is 3.93. The number of aryl methyl sites for hydroxylation is 1. The molecule has 0 aliphatic carbocycles. The Balaban J connectivity index is 1.70. The zero-order chi connectivity index (χ0) is 26.4. The average Bonchev–Trinajstić information content (AvgIpc) is 3.20. The number of rotatable bonds is 10. The van der Waals surface area contributed by atoms with E-state index in [0.717, 1.165) is 5.69 Å². The average molecular weight is 496 g/mol. The molecule has 192 valence electrons. The van der Waals surface area contributed by atoms with Crippen molar-refractivity contribution in [3.05, 3.63) is 69.7 Å². The van der Waals surface area contributed by atoms with Gasteiger partial charge in [-0.2, -0.15) is 0 Å². The third-order valence-electron chi connectivity index (χ3n) is 5.75. The lowest BCUT2D eigenvalue weighted by molar-refractivity contribution is -0.123. The molecular weight excluding hydrogens is 461 g/mol. The number of hydrogen-bond donors (Lipinski definition) is 2. The summed E-state index contributed by atoms with van der Waals surface area (Å²) in [7, 11) is 3.35. The molecule has 0 aromatic carbocycles. The van der Waals surface area contributed by atoms with Gasteiger partial charge in [0.25, 0.3) is 5.56 Å². The van der Waals surface area contributed by atoms with Crippen molar-refractivity contribution in [2.45, 2.75) is 53.0 Å². The molecule has 0 unspecified atom stereocenters. The summed E-state index contributed by atoms with van der Waals surface area (Å²) in [5.74, 6) is -0.398. The van der Waals surface area contributed by atoms with Crippen molar-refractivity contribution in [3.8, 4) is 0 Å². The van der Waals surface area contributed by atoms with Crippen LogP contribution < -0.4 is 10.9 Å². The fourth-order valence-electron chi connectivity index (χ4n) is 3.93. The topological polar surface area (TPSA) is 100 Å². The van der Waals surface area contributed by atoms with Gasteiger partial charge in [-0.05, 0) is 56.4 Å². The van der Waals surface area contributed by atoms with Gasteiger partial charge in [-0.3, -0.25) is 14.4 Å². The van der Waals surface area contributed by atoms with Crippen LogP contribution >= 0.6 is 0 Å². The number of fused-ring (bicyclic) bond motifs is 1. The minimum absolute atomic E-state index is 0.105. The number of anilines is 1. The van der Waals surface area contributed by atoms with E-state index in [1.165, 1.54) is 15.5 Å². The highest BCUT2D eigenvalue weighted by atomic mass is 19.1. The number of halogens is 1. The molecule has 3 aromatic heterocycles. The van der Waals surface area contributed by atoms with Crippen molar-refractivity contribution in [1.82, 2.24) is 19.4 Å². The summed E-state index contributed by atoms with van der Waals surface area (Å²) in [5.41, 5.74) is 2.85. The molecule has 0 aliphatic heterocycles. The Labute approximate surface area is 210 Å². The van der Waals surface area contributed by atoms with Gasteiger partial charge >= 0.3 is 0 Å². The molecular formula is C27H34FN5O3. The van der Waals surface area contributed by atoms with Gasteiger partial charge in [-0.1, -0.05) is 19.9 Å². The first kappa shape index (κ1) is 26.8. The molecule has 0 saturated carbocycles. The smallest absolute Gasteiger partial charge is 0.274 e. The summed E-state index contributed by atoms with van der Waals surface area (Å²) in [6.45, 7) is 5.95. The number of aromatic amines is 1. The highest BCUT2D eigenvalue weighted by molar-refractivity contribution is 5.90. The number of nitrogens with zero attached hydrogens (tertiary/aromatic N) is 3. The molecule has 0 fully saturated rings. The third-order valence-corrected chi connectivity index (χ3v) is 5.75. The summed E-state index contributed by atoms with van der Waals surface area (Å²) in [4.78, 5) is 45.9. The Morgan fingerprint density at radius 1 is 1.31 bits per heavy atom. The molecule has 2 amide bonds. The van der Waals surface area contributed by atoms with Crippen molar-refractivity contribution >= 4 is 28.5 Å². The standard InChI is InChI=1S/C27H34FN5O3/c1-17(2)14-20-25(28)18(3)29-22-15-19(30-26(20)22)16-33-13-9-10-21(27(33)36)31-23(34)11-7-6-8-12-24(35)32(4)5/h8-10,12-13,15,17,30H,6-7,11,14,16H2,1-5H3,(H,31,34)/b12-8+. The molecule has 0 atom stereocenters. The molecule has 0 radical (unpaired) electrons. The van der Waals surface area contributed by atoms with Gasteiger partial charge < -0.3 is 19.8 Å². The summed E-state index contributed by atoms with van der Waals surface area (Å²) in [6, 6.07) is 5.10.